The fraction of sp³-hybridized carbons (Fsp3) is 0.737. The second-order valence-electron chi connectivity index (χ2n) is 7.84. The Bertz CT molecular complexity index is 624. The topological polar surface area (TPSA) is 64.6 Å². The monoisotopic (exact) mass is 358 g/mol. The van der Waals surface area contributed by atoms with E-state index in [1.807, 2.05) is 11.0 Å². The molecule has 1 aromatic heterocycles. The van der Waals surface area contributed by atoms with Gasteiger partial charge in [-0.3, -0.25) is 10.2 Å². The van der Waals surface area contributed by atoms with Crippen LogP contribution in [0.3, 0.4) is 0 Å². The maximum Gasteiger partial charge on any atom is 0.323 e. The zero-order valence-corrected chi connectivity index (χ0v) is 15.7. The maximum atomic E-state index is 12.4. The molecule has 3 aliphatic rings. The Hall–Kier alpha value is -1.89. The molecule has 1 atom stereocenters. The largest absolute Gasteiger partial charge is 0.354 e. The highest BCUT2D eigenvalue weighted by Crippen LogP contribution is 2.25. The minimum absolute atomic E-state index is 0.0503. The average Bonchev–Trinajstić information content (AvgIpc) is 3.34. The van der Waals surface area contributed by atoms with Gasteiger partial charge in [-0.1, -0.05) is 12.8 Å². The van der Waals surface area contributed by atoms with Crippen molar-refractivity contribution in [2.75, 3.05) is 42.9 Å². The molecule has 2 saturated heterocycles. The molecule has 3 heterocycles. The van der Waals surface area contributed by atoms with Gasteiger partial charge in [-0.25, -0.2) is 14.8 Å². The van der Waals surface area contributed by atoms with E-state index >= 15 is 0 Å². The second kappa shape index (κ2) is 7.78. The van der Waals surface area contributed by atoms with Crippen molar-refractivity contribution in [3.63, 3.8) is 0 Å². The number of urea groups is 1. The molecule has 4 rings (SSSR count). The summed E-state index contributed by atoms with van der Waals surface area (Å²) < 4.78 is 0. The number of anilines is 2. The molecule has 2 amide bonds. The number of hydrogen-bond donors (Lipinski definition) is 1. The molecule has 1 aliphatic carbocycles. The van der Waals surface area contributed by atoms with Gasteiger partial charge in [0.25, 0.3) is 0 Å². The van der Waals surface area contributed by atoms with Gasteiger partial charge in [0.1, 0.15) is 18.0 Å². The third-order valence-electron chi connectivity index (χ3n) is 6.18. The molecule has 0 spiro atoms. The van der Waals surface area contributed by atoms with E-state index in [9.17, 15) is 4.79 Å². The number of amides is 2. The van der Waals surface area contributed by atoms with Crippen molar-refractivity contribution in [1.29, 1.82) is 0 Å². The summed E-state index contributed by atoms with van der Waals surface area (Å²) in [5, 5.41) is 2.95. The van der Waals surface area contributed by atoms with Gasteiger partial charge in [0.2, 0.25) is 0 Å². The molecule has 1 unspecified atom stereocenters. The zero-order valence-electron chi connectivity index (χ0n) is 15.7. The second-order valence-corrected chi connectivity index (χ2v) is 7.84. The number of hydrogen-bond acceptors (Lipinski definition) is 5. The SMILES string of the molecule is CC1CCCN1C(=O)Nc1cc(N2CCN(C3CCCC3)CC2)ncn1. The summed E-state index contributed by atoms with van der Waals surface area (Å²) in [4.78, 5) is 28.0. The lowest BCUT2D eigenvalue weighted by Gasteiger charge is -2.38. The van der Waals surface area contributed by atoms with Crippen LogP contribution in [-0.2, 0) is 0 Å². The van der Waals surface area contributed by atoms with Crippen LogP contribution in [0.25, 0.3) is 0 Å². The number of carbonyl (C=O) groups is 1. The summed E-state index contributed by atoms with van der Waals surface area (Å²) in [6.45, 7) is 7.10. The molecule has 0 bridgehead atoms. The van der Waals surface area contributed by atoms with E-state index in [-0.39, 0.29) is 6.03 Å². The summed E-state index contributed by atoms with van der Waals surface area (Å²) >= 11 is 0. The van der Waals surface area contributed by atoms with Crippen molar-refractivity contribution >= 4 is 17.7 Å². The van der Waals surface area contributed by atoms with E-state index in [1.54, 1.807) is 6.33 Å². The molecule has 0 radical (unpaired) electrons. The highest BCUT2D eigenvalue weighted by molar-refractivity contribution is 5.89. The van der Waals surface area contributed by atoms with Crippen LogP contribution in [0.1, 0.15) is 45.4 Å². The quantitative estimate of drug-likeness (QED) is 0.900. The summed E-state index contributed by atoms with van der Waals surface area (Å²) in [5.41, 5.74) is 0. The third-order valence-corrected chi connectivity index (χ3v) is 6.18. The molecule has 2 aliphatic heterocycles. The number of nitrogens with zero attached hydrogens (tertiary/aromatic N) is 5. The Balaban J connectivity index is 1.35. The highest BCUT2D eigenvalue weighted by Gasteiger charge is 2.27. The van der Waals surface area contributed by atoms with Gasteiger partial charge in [0.05, 0.1) is 0 Å². The molecule has 3 fully saturated rings. The lowest BCUT2D eigenvalue weighted by molar-refractivity contribution is 0.187. The van der Waals surface area contributed by atoms with E-state index in [4.69, 9.17) is 0 Å². The van der Waals surface area contributed by atoms with E-state index in [0.717, 1.165) is 57.4 Å². The molecular weight excluding hydrogens is 328 g/mol. The van der Waals surface area contributed by atoms with Crippen molar-refractivity contribution in [2.24, 2.45) is 0 Å². The Morgan fingerprint density at radius 2 is 1.81 bits per heavy atom. The highest BCUT2D eigenvalue weighted by atomic mass is 16.2. The smallest absolute Gasteiger partial charge is 0.323 e. The first-order valence-electron chi connectivity index (χ1n) is 10.1. The normalized spacial score (nSPS) is 25.0. The lowest BCUT2D eigenvalue weighted by atomic mass is 10.2. The Morgan fingerprint density at radius 1 is 1.04 bits per heavy atom. The first-order valence-corrected chi connectivity index (χ1v) is 10.1. The molecule has 1 N–H and O–H groups in total. The van der Waals surface area contributed by atoms with Crippen molar-refractivity contribution in [2.45, 2.75) is 57.5 Å². The van der Waals surface area contributed by atoms with Crippen molar-refractivity contribution < 1.29 is 4.79 Å². The van der Waals surface area contributed by atoms with Gasteiger partial charge in [-0.15, -0.1) is 0 Å². The predicted molar refractivity (Wildman–Crippen MR) is 102 cm³/mol. The van der Waals surface area contributed by atoms with Crippen LogP contribution in [0, 0.1) is 0 Å². The number of likely N-dealkylation sites (tertiary alicyclic amines) is 1. The van der Waals surface area contributed by atoms with Gasteiger partial charge in [0.15, 0.2) is 0 Å². The number of aromatic nitrogens is 2. The molecule has 26 heavy (non-hydrogen) atoms. The number of rotatable bonds is 3. The van der Waals surface area contributed by atoms with E-state index in [1.165, 1.54) is 25.7 Å². The summed E-state index contributed by atoms with van der Waals surface area (Å²) in [6, 6.07) is 2.95. The maximum absolute atomic E-state index is 12.4. The number of piperazine rings is 1. The number of carbonyl (C=O) groups excluding carboxylic acids is 1. The van der Waals surface area contributed by atoms with Crippen LogP contribution in [0.2, 0.25) is 0 Å². The molecule has 1 saturated carbocycles. The van der Waals surface area contributed by atoms with Gasteiger partial charge in [-0.05, 0) is 32.6 Å². The van der Waals surface area contributed by atoms with Crippen LogP contribution in [0.15, 0.2) is 12.4 Å². The number of nitrogens with one attached hydrogen (secondary N) is 1. The van der Waals surface area contributed by atoms with Crippen LogP contribution >= 0.6 is 0 Å². The lowest BCUT2D eigenvalue weighted by Crippen LogP contribution is -2.50. The van der Waals surface area contributed by atoms with Crippen molar-refractivity contribution in [3.05, 3.63) is 12.4 Å². The van der Waals surface area contributed by atoms with Gasteiger partial charge >= 0.3 is 6.03 Å². The predicted octanol–water partition coefficient (Wildman–Crippen LogP) is 2.56. The van der Waals surface area contributed by atoms with E-state index in [0.29, 0.717) is 11.9 Å². The van der Waals surface area contributed by atoms with Crippen molar-refractivity contribution in [3.8, 4) is 0 Å². The minimum Gasteiger partial charge on any atom is -0.354 e. The Morgan fingerprint density at radius 3 is 2.50 bits per heavy atom. The average molecular weight is 358 g/mol. The van der Waals surface area contributed by atoms with Crippen LogP contribution in [0.5, 0.6) is 0 Å². The fourth-order valence-corrected chi connectivity index (χ4v) is 4.59. The summed E-state index contributed by atoms with van der Waals surface area (Å²) in [7, 11) is 0. The molecule has 7 nitrogen and oxygen atoms in total. The first-order chi connectivity index (χ1) is 12.7. The fourth-order valence-electron chi connectivity index (χ4n) is 4.59. The molecule has 1 aromatic rings. The summed E-state index contributed by atoms with van der Waals surface area (Å²) in [5.74, 6) is 1.51. The molecule has 0 aromatic carbocycles. The van der Waals surface area contributed by atoms with E-state index < -0.39 is 0 Å². The van der Waals surface area contributed by atoms with E-state index in [2.05, 4.69) is 32.0 Å². The van der Waals surface area contributed by atoms with Crippen LogP contribution in [0.4, 0.5) is 16.4 Å². The van der Waals surface area contributed by atoms with Crippen LogP contribution < -0.4 is 10.2 Å². The minimum atomic E-state index is -0.0503. The molecule has 142 valence electrons. The third kappa shape index (κ3) is 3.77. The van der Waals surface area contributed by atoms with Crippen LogP contribution in [-0.4, -0.2) is 70.6 Å². The molecule has 7 heteroatoms. The Labute approximate surface area is 155 Å². The standard InChI is InChI=1S/C19H30N6O/c1-15-5-4-8-25(15)19(26)22-17-13-18(21-14-20-17)24-11-9-23(10-12-24)16-6-2-3-7-16/h13-16H,2-12H2,1H3,(H,20,21,22,26). The molecular formula is C19H30N6O. The van der Waals surface area contributed by atoms with Gasteiger partial charge in [0, 0.05) is 50.9 Å². The zero-order chi connectivity index (χ0) is 17.9. The first kappa shape index (κ1) is 17.5. The Kier molecular flexibility index (Phi) is 5.24. The van der Waals surface area contributed by atoms with Gasteiger partial charge in [-0.2, -0.15) is 0 Å². The van der Waals surface area contributed by atoms with Crippen molar-refractivity contribution in [1.82, 2.24) is 19.8 Å². The summed E-state index contributed by atoms with van der Waals surface area (Å²) in [6.07, 6.45) is 9.20. The van der Waals surface area contributed by atoms with Gasteiger partial charge < -0.3 is 9.80 Å².